The number of hydrogen-bond donors (Lipinski definition) is 1. The molecular formula is C17H19F2N5O3S. The number of hydrogen-bond acceptors (Lipinski definition) is 5. The van der Waals surface area contributed by atoms with Crippen LogP contribution in [0.3, 0.4) is 0 Å². The molecule has 0 amide bonds. The van der Waals surface area contributed by atoms with Gasteiger partial charge in [-0.3, -0.25) is 4.68 Å². The molecule has 1 aliphatic rings. The van der Waals surface area contributed by atoms with E-state index in [-0.39, 0.29) is 23.6 Å². The van der Waals surface area contributed by atoms with Gasteiger partial charge in [-0.2, -0.15) is 9.40 Å². The maximum absolute atomic E-state index is 14.5. The van der Waals surface area contributed by atoms with Crippen molar-refractivity contribution in [3.05, 3.63) is 29.8 Å². The predicted octanol–water partition coefficient (Wildman–Crippen LogP) is 1.77. The first-order chi connectivity index (χ1) is 13.2. The predicted molar refractivity (Wildman–Crippen MR) is 97.4 cm³/mol. The Hall–Kier alpha value is -2.37. The summed E-state index contributed by atoms with van der Waals surface area (Å²) < 4.78 is 62.0. The minimum absolute atomic E-state index is 0.0333. The van der Waals surface area contributed by atoms with E-state index < -0.39 is 28.1 Å². The number of aryl methyl sites for hydroxylation is 2. The fraction of sp³-hybridized carbons (Fsp3) is 0.412. The van der Waals surface area contributed by atoms with Crippen molar-refractivity contribution in [1.82, 2.24) is 24.1 Å². The Morgan fingerprint density at radius 1 is 1.32 bits per heavy atom. The van der Waals surface area contributed by atoms with Gasteiger partial charge in [0.2, 0.25) is 0 Å². The number of ether oxygens (including phenoxy) is 1. The Balaban J connectivity index is 1.85. The van der Waals surface area contributed by atoms with Gasteiger partial charge in [0.1, 0.15) is 29.4 Å². The number of aromatic nitrogens is 4. The molecule has 2 atom stereocenters. The maximum Gasteiger partial charge on any atom is 0.258 e. The smallest absolute Gasteiger partial charge is 0.258 e. The maximum atomic E-state index is 14.5. The zero-order valence-electron chi connectivity index (χ0n) is 15.5. The largest absolute Gasteiger partial charge is 0.377 e. The van der Waals surface area contributed by atoms with Gasteiger partial charge in [-0.25, -0.2) is 22.2 Å². The van der Waals surface area contributed by atoms with Gasteiger partial charge >= 0.3 is 0 Å². The number of rotatable bonds is 4. The third kappa shape index (κ3) is 2.90. The molecule has 0 saturated carbocycles. The lowest BCUT2D eigenvalue weighted by molar-refractivity contribution is 0.0637. The van der Waals surface area contributed by atoms with Crippen LogP contribution in [0, 0.1) is 12.7 Å². The highest BCUT2D eigenvalue weighted by atomic mass is 32.2. The minimum atomic E-state index is -4.05. The van der Waals surface area contributed by atoms with E-state index in [9.17, 15) is 17.2 Å². The molecule has 2 aromatic heterocycles. The van der Waals surface area contributed by atoms with Gasteiger partial charge in [-0.1, -0.05) is 0 Å². The van der Waals surface area contributed by atoms with E-state index in [1.54, 1.807) is 14.0 Å². The standard InChI is InChI=1S/C17H19F2N5O3S/c1-9-4-11(18)16-10(15(9)17-20-8-23(2)22-17)5-14(21-16)28(25,26)24-6-12(19)13(7-24)27-3/h4-5,8,12-13,21H,6-7H2,1-3H3/t12-,13-/m1/s1. The van der Waals surface area contributed by atoms with Crippen LogP contribution >= 0.6 is 0 Å². The summed E-state index contributed by atoms with van der Waals surface area (Å²) in [5, 5.41) is 4.38. The number of halogens is 2. The third-order valence-corrected chi connectivity index (χ3v) is 6.70. The molecule has 4 rings (SSSR count). The van der Waals surface area contributed by atoms with Crippen LogP contribution in [-0.2, 0) is 21.8 Å². The van der Waals surface area contributed by atoms with Crippen molar-refractivity contribution in [3.63, 3.8) is 0 Å². The SMILES string of the molecule is CO[C@@H]1CN(S(=O)(=O)c2cc3c(-c4ncn(C)n4)c(C)cc(F)c3[nH]2)C[C@H]1F. The minimum Gasteiger partial charge on any atom is -0.377 e. The molecule has 28 heavy (non-hydrogen) atoms. The van der Waals surface area contributed by atoms with Crippen LogP contribution in [0.4, 0.5) is 8.78 Å². The van der Waals surface area contributed by atoms with Crippen molar-refractivity contribution < 1.29 is 21.9 Å². The van der Waals surface area contributed by atoms with E-state index in [1.165, 1.54) is 30.3 Å². The number of fused-ring (bicyclic) bond motifs is 1. The molecule has 0 aliphatic carbocycles. The van der Waals surface area contributed by atoms with Crippen molar-refractivity contribution in [3.8, 4) is 11.4 Å². The molecule has 0 unspecified atom stereocenters. The van der Waals surface area contributed by atoms with Crippen molar-refractivity contribution in [2.75, 3.05) is 20.2 Å². The van der Waals surface area contributed by atoms with Gasteiger partial charge in [0, 0.05) is 38.2 Å². The Kier molecular flexibility index (Phi) is 4.47. The highest BCUT2D eigenvalue weighted by Gasteiger charge is 2.40. The molecule has 8 nitrogen and oxygen atoms in total. The Morgan fingerprint density at radius 2 is 2.07 bits per heavy atom. The van der Waals surface area contributed by atoms with Crippen LogP contribution < -0.4 is 0 Å². The fourth-order valence-electron chi connectivity index (χ4n) is 3.51. The highest BCUT2D eigenvalue weighted by Crippen LogP contribution is 2.34. The average molecular weight is 411 g/mol. The van der Waals surface area contributed by atoms with E-state index in [1.807, 2.05) is 0 Å². The molecular weight excluding hydrogens is 392 g/mol. The van der Waals surface area contributed by atoms with Gasteiger partial charge in [-0.05, 0) is 24.6 Å². The van der Waals surface area contributed by atoms with Crippen molar-refractivity contribution in [2.45, 2.75) is 24.2 Å². The summed E-state index contributed by atoms with van der Waals surface area (Å²) in [5.41, 5.74) is 1.14. The molecule has 1 fully saturated rings. The van der Waals surface area contributed by atoms with Crippen LogP contribution in [-0.4, -0.2) is 64.9 Å². The Morgan fingerprint density at radius 3 is 2.68 bits per heavy atom. The summed E-state index contributed by atoms with van der Waals surface area (Å²) in [7, 11) is -1.02. The number of nitrogens with one attached hydrogen (secondary N) is 1. The Bertz CT molecular complexity index is 1160. The molecule has 0 bridgehead atoms. The number of methoxy groups -OCH3 is 1. The molecule has 1 aliphatic heterocycles. The van der Waals surface area contributed by atoms with Crippen molar-refractivity contribution >= 4 is 20.9 Å². The Labute approximate surface area is 160 Å². The summed E-state index contributed by atoms with van der Waals surface area (Å²) >= 11 is 0. The molecule has 1 aromatic carbocycles. The monoisotopic (exact) mass is 411 g/mol. The quantitative estimate of drug-likeness (QED) is 0.706. The van der Waals surface area contributed by atoms with Gasteiger partial charge in [-0.15, -0.1) is 0 Å². The van der Waals surface area contributed by atoms with Crippen LogP contribution in [0.1, 0.15) is 5.56 Å². The summed E-state index contributed by atoms with van der Waals surface area (Å²) in [6, 6.07) is 2.65. The van der Waals surface area contributed by atoms with Crippen molar-refractivity contribution in [2.24, 2.45) is 7.05 Å². The van der Waals surface area contributed by atoms with E-state index in [0.29, 0.717) is 22.3 Å². The van der Waals surface area contributed by atoms with Crippen LogP contribution in [0.2, 0.25) is 0 Å². The van der Waals surface area contributed by atoms with E-state index in [4.69, 9.17) is 4.74 Å². The van der Waals surface area contributed by atoms with E-state index in [0.717, 1.165) is 4.31 Å². The van der Waals surface area contributed by atoms with Crippen LogP contribution in [0.25, 0.3) is 22.3 Å². The number of alkyl halides is 1. The number of benzene rings is 1. The van der Waals surface area contributed by atoms with Gasteiger partial charge < -0.3 is 9.72 Å². The van der Waals surface area contributed by atoms with Crippen molar-refractivity contribution in [1.29, 1.82) is 0 Å². The number of H-pyrrole nitrogens is 1. The third-order valence-electron chi connectivity index (χ3n) is 4.95. The van der Waals surface area contributed by atoms with Gasteiger partial charge in [0.05, 0.1) is 5.52 Å². The summed E-state index contributed by atoms with van der Waals surface area (Å²) in [5.74, 6) is -0.231. The second-order valence-electron chi connectivity index (χ2n) is 6.83. The van der Waals surface area contributed by atoms with E-state index in [2.05, 4.69) is 15.1 Å². The lowest BCUT2D eigenvalue weighted by Crippen LogP contribution is -2.30. The fourth-order valence-corrected chi connectivity index (χ4v) is 4.97. The summed E-state index contributed by atoms with van der Waals surface area (Å²) in [6.07, 6.45) is -0.743. The van der Waals surface area contributed by atoms with Gasteiger partial charge in [0.15, 0.2) is 5.82 Å². The number of nitrogens with zero attached hydrogens (tertiary/aromatic N) is 4. The second-order valence-corrected chi connectivity index (χ2v) is 8.73. The first kappa shape index (κ1) is 19.0. The highest BCUT2D eigenvalue weighted by molar-refractivity contribution is 7.89. The first-order valence-corrected chi connectivity index (χ1v) is 10.0. The number of aromatic amines is 1. The second kappa shape index (κ2) is 6.61. The number of sulfonamides is 1. The molecule has 11 heteroatoms. The van der Waals surface area contributed by atoms with Crippen LogP contribution in [0.15, 0.2) is 23.5 Å². The molecule has 1 saturated heterocycles. The zero-order valence-corrected chi connectivity index (χ0v) is 16.3. The molecule has 3 heterocycles. The first-order valence-electron chi connectivity index (χ1n) is 8.57. The molecule has 3 aromatic rings. The summed E-state index contributed by atoms with van der Waals surface area (Å²) in [6.45, 7) is 1.28. The normalized spacial score (nSPS) is 21.0. The molecule has 150 valence electrons. The van der Waals surface area contributed by atoms with Crippen LogP contribution in [0.5, 0.6) is 0 Å². The zero-order chi connectivity index (χ0) is 20.2. The lowest BCUT2D eigenvalue weighted by atomic mass is 10.0. The topological polar surface area (TPSA) is 93.1 Å². The molecule has 0 spiro atoms. The van der Waals surface area contributed by atoms with E-state index >= 15 is 0 Å². The molecule has 0 radical (unpaired) electrons. The lowest BCUT2D eigenvalue weighted by Gasteiger charge is -2.14. The molecule has 1 N–H and O–H groups in total. The summed E-state index contributed by atoms with van der Waals surface area (Å²) in [4.78, 5) is 6.84. The average Bonchev–Trinajstić information content (AvgIpc) is 3.34. The van der Waals surface area contributed by atoms with Gasteiger partial charge in [0.25, 0.3) is 10.0 Å².